The number of benzene rings is 3. The van der Waals surface area contributed by atoms with Gasteiger partial charge in [0.25, 0.3) is 11.6 Å². The van der Waals surface area contributed by atoms with Crippen LogP contribution in [0.2, 0.25) is 5.02 Å². The molecule has 150 valence electrons. The van der Waals surface area contributed by atoms with Gasteiger partial charge >= 0.3 is 5.97 Å². The lowest BCUT2D eigenvalue weighted by Crippen LogP contribution is -2.11. The minimum atomic E-state index is -0.641. The average Bonchev–Trinajstić information content (AvgIpc) is 2.77. The molecule has 0 bridgehead atoms. The average molecular weight is 425 g/mol. The van der Waals surface area contributed by atoms with Crippen LogP contribution >= 0.6 is 11.6 Å². The van der Waals surface area contributed by atoms with E-state index >= 15 is 0 Å². The Morgan fingerprint density at radius 1 is 0.967 bits per heavy atom. The van der Waals surface area contributed by atoms with Crippen molar-refractivity contribution in [3.8, 4) is 0 Å². The van der Waals surface area contributed by atoms with Gasteiger partial charge in [-0.1, -0.05) is 23.7 Å². The number of non-ortho nitro benzene ring substituents is 1. The van der Waals surface area contributed by atoms with Crippen molar-refractivity contribution in [3.63, 3.8) is 0 Å². The third-order valence-corrected chi connectivity index (χ3v) is 4.13. The molecule has 0 spiro atoms. The maximum atomic E-state index is 12.0. The predicted molar refractivity (Wildman–Crippen MR) is 109 cm³/mol. The number of halogens is 1. The highest BCUT2D eigenvalue weighted by molar-refractivity contribution is 6.33. The number of rotatable bonds is 6. The van der Waals surface area contributed by atoms with E-state index in [0.29, 0.717) is 11.4 Å². The molecule has 10 heteroatoms. The number of hydrogen-bond acceptors (Lipinski definition) is 7. The smallest absolute Gasteiger partial charge is 0.338 e. The van der Waals surface area contributed by atoms with Gasteiger partial charge in [0.15, 0.2) is 0 Å². The first-order chi connectivity index (χ1) is 14.4. The molecule has 0 unspecified atom stereocenters. The van der Waals surface area contributed by atoms with Crippen molar-refractivity contribution in [1.29, 1.82) is 0 Å². The second kappa shape index (κ2) is 9.39. The van der Waals surface area contributed by atoms with Crippen LogP contribution in [0.1, 0.15) is 20.7 Å². The Bertz CT molecular complexity index is 1110. The molecule has 0 aliphatic carbocycles. The fourth-order valence-corrected chi connectivity index (χ4v) is 2.48. The summed E-state index contributed by atoms with van der Waals surface area (Å²) in [5.74, 6) is -1.28. The molecular weight excluding hydrogens is 412 g/mol. The molecule has 3 aromatic rings. The van der Waals surface area contributed by atoms with E-state index in [0.717, 1.165) is 0 Å². The molecule has 0 saturated carbocycles. The fraction of sp³-hybridized carbons (Fsp3) is 0. The number of anilines is 1. The monoisotopic (exact) mass is 424 g/mol. The van der Waals surface area contributed by atoms with Gasteiger partial charge in [0.2, 0.25) is 0 Å². The quantitative estimate of drug-likeness (QED) is 0.323. The fourth-order valence-electron chi connectivity index (χ4n) is 2.27. The van der Waals surface area contributed by atoms with E-state index in [1.807, 2.05) is 0 Å². The van der Waals surface area contributed by atoms with E-state index in [1.165, 1.54) is 30.3 Å². The molecule has 1 N–H and O–H groups in total. The molecule has 3 aromatic carbocycles. The molecule has 3 rings (SSSR count). The Morgan fingerprint density at radius 3 is 2.27 bits per heavy atom. The van der Waals surface area contributed by atoms with Gasteiger partial charge in [-0.05, 0) is 48.5 Å². The number of hydrogen-bond donors (Lipinski definition) is 1. The van der Waals surface area contributed by atoms with E-state index in [2.05, 4.69) is 15.7 Å². The summed E-state index contributed by atoms with van der Waals surface area (Å²) in [6, 6.07) is 17.8. The molecule has 0 aliphatic heterocycles. The largest absolute Gasteiger partial charge is 0.364 e. The molecule has 0 aromatic heterocycles. The first-order valence-corrected chi connectivity index (χ1v) is 8.84. The zero-order chi connectivity index (χ0) is 21.5. The van der Waals surface area contributed by atoms with E-state index in [1.54, 1.807) is 42.5 Å². The lowest BCUT2D eigenvalue weighted by molar-refractivity contribution is -0.384. The van der Waals surface area contributed by atoms with Crippen molar-refractivity contribution >= 4 is 40.5 Å². The lowest BCUT2D eigenvalue weighted by Gasteiger charge is -2.07. The summed E-state index contributed by atoms with van der Waals surface area (Å²) in [6.45, 7) is 0. The van der Waals surface area contributed by atoms with Crippen LogP contribution in [-0.2, 0) is 4.84 Å². The van der Waals surface area contributed by atoms with Crippen LogP contribution < -0.4 is 5.48 Å². The normalized spacial score (nSPS) is 10.6. The zero-order valence-electron chi connectivity index (χ0n) is 15.2. The molecular formula is C20H13ClN4O5. The minimum Gasteiger partial charge on any atom is -0.338 e. The number of nitro benzene ring substituents is 1. The summed E-state index contributed by atoms with van der Waals surface area (Å²) < 4.78 is 0. The number of azo groups is 1. The summed E-state index contributed by atoms with van der Waals surface area (Å²) >= 11 is 5.94. The minimum absolute atomic E-state index is 0.123. The van der Waals surface area contributed by atoms with Gasteiger partial charge in [0.1, 0.15) is 0 Å². The molecule has 0 aliphatic rings. The second-order valence-electron chi connectivity index (χ2n) is 5.83. The predicted octanol–water partition coefficient (Wildman–Crippen LogP) is 5.36. The summed E-state index contributed by atoms with van der Waals surface area (Å²) in [5.41, 5.74) is 3.63. The lowest BCUT2D eigenvalue weighted by atomic mass is 10.2. The summed E-state index contributed by atoms with van der Waals surface area (Å²) in [6.07, 6.45) is 0. The Balaban J connectivity index is 1.57. The Morgan fingerprint density at radius 2 is 1.63 bits per heavy atom. The zero-order valence-corrected chi connectivity index (χ0v) is 15.9. The number of nitro groups is 1. The highest BCUT2D eigenvalue weighted by Gasteiger charge is 2.11. The molecule has 30 heavy (non-hydrogen) atoms. The first kappa shape index (κ1) is 20.6. The molecule has 0 heterocycles. The van der Waals surface area contributed by atoms with Gasteiger partial charge in [-0.2, -0.15) is 0 Å². The van der Waals surface area contributed by atoms with Crippen LogP contribution in [0, 0.1) is 10.1 Å². The Kier molecular flexibility index (Phi) is 6.46. The van der Waals surface area contributed by atoms with Crippen molar-refractivity contribution < 1.29 is 19.3 Å². The van der Waals surface area contributed by atoms with Crippen LogP contribution in [0.5, 0.6) is 0 Å². The van der Waals surface area contributed by atoms with Crippen LogP contribution in [0.3, 0.4) is 0 Å². The van der Waals surface area contributed by atoms with Crippen molar-refractivity contribution in [2.24, 2.45) is 10.2 Å². The van der Waals surface area contributed by atoms with Gasteiger partial charge in [-0.15, -0.1) is 10.2 Å². The summed E-state index contributed by atoms with van der Waals surface area (Å²) in [5, 5.41) is 18.3. The maximum absolute atomic E-state index is 12.0. The molecule has 9 nitrogen and oxygen atoms in total. The van der Waals surface area contributed by atoms with Crippen molar-refractivity contribution in [1.82, 2.24) is 0 Å². The van der Waals surface area contributed by atoms with Crippen molar-refractivity contribution in [2.45, 2.75) is 0 Å². The number of nitrogens with one attached hydrogen (secondary N) is 1. The molecule has 0 radical (unpaired) electrons. The second-order valence-corrected chi connectivity index (χ2v) is 6.23. The maximum Gasteiger partial charge on any atom is 0.364 e. The molecule has 0 atom stereocenters. The summed E-state index contributed by atoms with van der Waals surface area (Å²) in [7, 11) is 0. The standard InChI is InChI=1S/C20H13ClN4O5/c21-18-4-2-1-3-17(18)20(27)30-24-15-9-7-14(8-10-15)22-23-19(26)13-5-11-16(12-6-13)25(28)29/h1-12,24H. The van der Waals surface area contributed by atoms with Gasteiger partial charge in [-0.25, -0.2) is 10.3 Å². The highest BCUT2D eigenvalue weighted by Crippen LogP contribution is 2.20. The van der Waals surface area contributed by atoms with Gasteiger partial charge in [0, 0.05) is 17.7 Å². The topological polar surface area (TPSA) is 123 Å². The highest BCUT2D eigenvalue weighted by atomic mass is 35.5. The molecule has 0 fully saturated rings. The third kappa shape index (κ3) is 5.24. The van der Waals surface area contributed by atoms with E-state index < -0.39 is 16.8 Å². The van der Waals surface area contributed by atoms with Crippen molar-refractivity contribution in [2.75, 3.05) is 5.48 Å². The number of carbonyl (C=O) groups is 2. The summed E-state index contributed by atoms with van der Waals surface area (Å²) in [4.78, 5) is 39.1. The van der Waals surface area contributed by atoms with E-state index in [9.17, 15) is 19.7 Å². The number of nitrogens with zero attached hydrogens (tertiary/aromatic N) is 3. The van der Waals surface area contributed by atoms with Crippen LogP contribution in [-0.4, -0.2) is 16.8 Å². The van der Waals surface area contributed by atoms with Crippen LogP contribution in [0.4, 0.5) is 17.1 Å². The van der Waals surface area contributed by atoms with Gasteiger partial charge in [-0.3, -0.25) is 14.9 Å². The first-order valence-electron chi connectivity index (χ1n) is 8.46. The Labute approximate surface area is 175 Å². The number of amides is 1. The third-order valence-electron chi connectivity index (χ3n) is 3.80. The molecule has 0 saturated heterocycles. The van der Waals surface area contributed by atoms with Crippen molar-refractivity contribution in [3.05, 3.63) is 99.1 Å². The van der Waals surface area contributed by atoms with Crippen LogP contribution in [0.25, 0.3) is 0 Å². The molecule has 1 amide bonds. The Hall–Kier alpha value is -4.11. The SMILES string of the molecule is O=C(N=Nc1ccc(NOC(=O)c2ccccc2Cl)cc1)c1ccc([N+](=O)[O-])cc1. The van der Waals surface area contributed by atoms with E-state index in [-0.39, 0.29) is 21.8 Å². The van der Waals surface area contributed by atoms with Gasteiger partial charge in [0.05, 0.1) is 26.9 Å². The van der Waals surface area contributed by atoms with Gasteiger partial charge < -0.3 is 4.84 Å². The van der Waals surface area contributed by atoms with E-state index in [4.69, 9.17) is 16.4 Å². The number of carbonyl (C=O) groups excluding carboxylic acids is 2. The van der Waals surface area contributed by atoms with Crippen LogP contribution in [0.15, 0.2) is 83.0 Å².